The second-order valence-electron chi connectivity index (χ2n) is 5.52. The second-order valence-corrected chi connectivity index (χ2v) is 5.52. The van der Waals surface area contributed by atoms with Gasteiger partial charge in [-0.05, 0) is 54.7 Å². The van der Waals surface area contributed by atoms with Crippen LogP contribution in [0.15, 0.2) is 18.2 Å². The number of anilines is 1. The number of rotatable bonds is 4. The molecule has 3 rings (SSSR count). The summed E-state index contributed by atoms with van der Waals surface area (Å²) >= 11 is 0. The summed E-state index contributed by atoms with van der Waals surface area (Å²) < 4.78 is 7.61. The quantitative estimate of drug-likeness (QED) is 0.872. The minimum Gasteiger partial charge on any atom is -0.398 e. The number of ether oxygens (including phenoxy) is 1. The molecule has 2 N–H and O–H groups in total. The average molecular weight is 287 g/mol. The molecule has 0 amide bonds. The average Bonchev–Trinajstić information content (AvgIpc) is 2.97. The van der Waals surface area contributed by atoms with E-state index >= 15 is 0 Å². The van der Waals surface area contributed by atoms with Gasteiger partial charge in [0.2, 0.25) is 0 Å². The molecule has 0 saturated carbocycles. The molecule has 1 aliphatic heterocycles. The standard InChI is InChI=1S/C15H21N5O/c1-11-13(6-4-7-14(11)16)15-17-18-19-20(15)9-8-12-5-2-3-10-21-12/h4,6-7,12H,2-3,5,8-10,16H2,1H3. The van der Waals surface area contributed by atoms with Crippen molar-refractivity contribution in [2.75, 3.05) is 12.3 Å². The lowest BCUT2D eigenvalue weighted by Crippen LogP contribution is -2.21. The van der Waals surface area contributed by atoms with Crippen molar-refractivity contribution in [3.05, 3.63) is 23.8 Å². The van der Waals surface area contributed by atoms with E-state index in [0.717, 1.165) is 48.6 Å². The molecule has 112 valence electrons. The summed E-state index contributed by atoms with van der Waals surface area (Å²) in [7, 11) is 0. The molecule has 21 heavy (non-hydrogen) atoms. The Hall–Kier alpha value is -1.95. The van der Waals surface area contributed by atoms with E-state index < -0.39 is 0 Å². The summed E-state index contributed by atoms with van der Waals surface area (Å²) in [4.78, 5) is 0. The zero-order valence-electron chi connectivity index (χ0n) is 12.3. The Labute approximate surface area is 124 Å². The zero-order valence-corrected chi connectivity index (χ0v) is 12.3. The van der Waals surface area contributed by atoms with Crippen molar-refractivity contribution in [2.24, 2.45) is 0 Å². The molecule has 1 aromatic carbocycles. The first kappa shape index (κ1) is 14.0. The van der Waals surface area contributed by atoms with Crippen LogP contribution in [0.5, 0.6) is 0 Å². The van der Waals surface area contributed by atoms with E-state index in [-0.39, 0.29) is 0 Å². The van der Waals surface area contributed by atoms with Crippen molar-refractivity contribution < 1.29 is 4.74 Å². The van der Waals surface area contributed by atoms with Gasteiger partial charge in [0.25, 0.3) is 0 Å². The lowest BCUT2D eigenvalue weighted by molar-refractivity contribution is 0.00828. The van der Waals surface area contributed by atoms with E-state index in [1.165, 1.54) is 12.8 Å². The molecule has 0 spiro atoms. The lowest BCUT2D eigenvalue weighted by Gasteiger charge is -2.22. The Morgan fingerprint density at radius 3 is 3.10 bits per heavy atom. The topological polar surface area (TPSA) is 78.9 Å². The van der Waals surface area contributed by atoms with Gasteiger partial charge in [-0.1, -0.05) is 12.1 Å². The van der Waals surface area contributed by atoms with Crippen LogP contribution in [0.2, 0.25) is 0 Å². The molecule has 6 nitrogen and oxygen atoms in total. The van der Waals surface area contributed by atoms with Crippen LogP contribution in [0.1, 0.15) is 31.2 Å². The number of nitrogens with two attached hydrogens (primary N) is 1. The first-order chi connectivity index (χ1) is 10.3. The van der Waals surface area contributed by atoms with E-state index in [2.05, 4.69) is 15.5 Å². The van der Waals surface area contributed by atoms with Crippen molar-refractivity contribution >= 4 is 5.69 Å². The molecule has 1 atom stereocenters. The monoisotopic (exact) mass is 287 g/mol. The summed E-state index contributed by atoms with van der Waals surface area (Å²) in [5.74, 6) is 0.774. The number of benzene rings is 1. The smallest absolute Gasteiger partial charge is 0.182 e. The van der Waals surface area contributed by atoms with Crippen LogP contribution in [0.3, 0.4) is 0 Å². The molecule has 0 aliphatic carbocycles. The molecule has 1 fully saturated rings. The van der Waals surface area contributed by atoms with Gasteiger partial charge in [-0.2, -0.15) is 0 Å². The van der Waals surface area contributed by atoms with Crippen LogP contribution < -0.4 is 5.73 Å². The molecule has 1 aromatic heterocycles. The Bertz CT molecular complexity index is 604. The number of nitrogen functional groups attached to an aromatic ring is 1. The normalized spacial score (nSPS) is 18.8. The van der Waals surface area contributed by atoms with E-state index in [9.17, 15) is 0 Å². The van der Waals surface area contributed by atoms with Crippen LogP contribution in [0.25, 0.3) is 11.4 Å². The largest absolute Gasteiger partial charge is 0.398 e. The van der Waals surface area contributed by atoms with Gasteiger partial charge in [-0.25, -0.2) is 4.68 Å². The van der Waals surface area contributed by atoms with Gasteiger partial charge in [0.1, 0.15) is 0 Å². The van der Waals surface area contributed by atoms with Crippen molar-refractivity contribution in [1.82, 2.24) is 20.2 Å². The predicted molar refractivity (Wildman–Crippen MR) is 80.6 cm³/mol. The fourth-order valence-corrected chi connectivity index (χ4v) is 2.75. The highest BCUT2D eigenvalue weighted by atomic mass is 16.5. The summed E-state index contributed by atoms with van der Waals surface area (Å²) in [6, 6.07) is 5.83. The van der Waals surface area contributed by atoms with Gasteiger partial charge in [-0.15, -0.1) is 5.10 Å². The van der Waals surface area contributed by atoms with Crippen LogP contribution in [-0.2, 0) is 11.3 Å². The van der Waals surface area contributed by atoms with Gasteiger partial charge in [-0.3, -0.25) is 0 Å². The van der Waals surface area contributed by atoms with Gasteiger partial charge < -0.3 is 10.5 Å². The first-order valence-corrected chi connectivity index (χ1v) is 7.49. The van der Waals surface area contributed by atoms with Crippen molar-refractivity contribution in [1.29, 1.82) is 0 Å². The number of aromatic nitrogens is 4. The molecular weight excluding hydrogens is 266 g/mol. The Kier molecular flexibility index (Phi) is 4.15. The third-order valence-electron chi connectivity index (χ3n) is 4.09. The Morgan fingerprint density at radius 1 is 1.38 bits per heavy atom. The van der Waals surface area contributed by atoms with E-state index in [4.69, 9.17) is 10.5 Å². The Balaban J connectivity index is 1.76. The molecule has 1 unspecified atom stereocenters. The lowest BCUT2D eigenvalue weighted by atomic mass is 10.1. The maximum atomic E-state index is 5.97. The van der Waals surface area contributed by atoms with Crippen molar-refractivity contribution in [3.8, 4) is 11.4 Å². The Morgan fingerprint density at radius 2 is 2.29 bits per heavy atom. The van der Waals surface area contributed by atoms with Crippen molar-refractivity contribution in [3.63, 3.8) is 0 Å². The second kappa shape index (κ2) is 6.22. The van der Waals surface area contributed by atoms with Gasteiger partial charge in [0.05, 0.1) is 6.10 Å². The minimum atomic E-state index is 0.331. The molecule has 0 bridgehead atoms. The third-order valence-corrected chi connectivity index (χ3v) is 4.09. The van der Waals surface area contributed by atoms with Crippen LogP contribution in [0.4, 0.5) is 5.69 Å². The van der Waals surface area contributed by atoms with Crippen LogP contribution >= 0.6 is 0 Å². The highest BCUT2D eigenvalue weighted by Crippen LogP contribution is 2.25. The van der Waals surface area contributed by atoms with Gasteiger partial charge >= 0.3 is 0 Å². The molecule has 0 radical (unpaired) electrons. The summed E-state index contributed by atoms with van der Waals surface area (Å²) in [6.45, 7) is 3.64. The minimum absolute atomic E-state index is 0.331. The number of hydrogen-bond acceptors (Lipinski definition) is 5. The highest BCUT2D eigenvalue weighted by molar-refractivity contribution is 5.67. The molecule has 1 aliphatic rings. The highest BCUT2D eigenvalue weighted by Gasteiger charge is 2.17. The summed E-state index contributed by atoms with van der Waals surface area (Å²) in [6.07, 6.45) is 4.84. The SMILES string of the molecule is Cc1c(N)cccc1-c1nnnn1CCC1CCCCO1. The zero-order chi connectivity index (χ0) is 14.7. The van der Waals surface area contributed by atoms with Crippen LogP contribution in [-0.4, -0.2) is 32.9 Å². The fraction of sp³-hybridized carbons (Fsp3) is 0.533. The van der Waals surface area contributed by atoms with Crippen LogP contribution in [0, 0.1) is 6.92 Å². The van der Waals surface area contributed by atoms with E-state index in [1.807, 2.05) is 29.8 Å². The first-order valence-electron chi connectivity index (χ1n) is 7.49. The molecule has 2 aromatic rings. The third kappa shape index (κ3) is 3.05. The number of aryl methyl sites for hydroxylation is 1. The fourth-order valence-electron chi connectivity index (χ4n) is 2.75. The number of nitrogens with zero attached hydrogens (tertiary/aromatic N) is 4. The number of tetrazole rings is 1. The molecular formula is C15H21N5O. The molecule has 2 heterocycles. The number of hydrogen-bond donors (Lipinski definition) is 1. The van der Waals surface area contributed by atoms with E-state index in [1.54, 1.807) is 0 Å². The summed E-state index contributed by atoms with van der Waals surface area (Å²) in [5.41, 5.74) is 8.74. The van der Waals surface area contributed by atoms with Gasteiger partial charge in [0.15, 0.2) is 5.82 Å². The van der Waals surface area contributed by atoms with Gasteiger partial charge in [0, 0.05) is 24.4 Å². The van der Waals surface area contributed by atoms with Crippen molar-refractivity contribution in [2.45, 2.75) is 45.3 Å². The maximum absolute atomic E-state index is 5.97. The summed E-state index contributed by atoms with van der Waals surface area (Å²) in [5, 5.41) is 12.1. The van der Waals surface area contributed by atoms with E-state index in [0.29, 0.717) is 6.10 Å². The molecule has 1 saturated heterocycles. The predicted octanol–water partition coefficient (Wildman–Crippen LogP) is 2.19. The maximum Gasteiger partial charge on any atom is 0.182 e. The molecule has 6 heteroatoms.